The van der Waals surface area contributed by atoms with Gasteiger partial charge >= 0.3 is 17.9 Å². The van der Waals surface area contributed by atoms with Crippen molar-refractivity contribution in [3.05, 3.63) is 72.9 Å². The second-order valence-corrected chi connectivity index (χ2v) is 19.2. The number of carbonyl (C=O) groups is 3. The number of unbranched alkanes of at least 4 members (excludes halogenated alkanes) is 29. The lowest BCUT2D eigenvalue weighted by molar-refractivity contribution is -0.167. The van der Waals surface area contributed by atoms with Crippen LogP contribution in [0.3, 0.4) is 0 Å². The Hall–Kier alpha value is -3.15. The van der Waals surface area contributed by atoms with Crippen molar-refractivity contribution in [1.82, 2.24) is 0 Å². The summed E-state index contributed by atoms with van der Waals surface area (Å²) in [6, 6.07) is 0. The highest BCUT2D eigenvalue weighted by atomic mass is 16.6. The number of carbonyl (C=O) groups excluding carboxylic acids is 3. The van der Waals surface area contributed by atoms with Gasteiger partial charge in [-0.3, -0.25) is 14.4 Å². The molecule has 0 saturated heterocycles. The molecule has 0 aliphatic rings. The second kappa shape index (κ2) is 56.4. The van der Waals surface area contributed by atoms with E-state index in [4.69, 9.17) is 14.2 Å². The van der Waals surface area contributed by atoms with Gasteiger partial charge in [-0.25, -0.2) is 0 Å². The molecule has 0 aromatic rings. The van der Waals surface area contributed by atoms with Crippen LogP contribution in [0.15, 0.2) is 72.9 Å². The van der Waals surface area contributed by atoms with Crippen LogP contribution in [-0.4, -0.2) is 37.2 Å². The first-order chi connectivity index (χ1) is 33.5. The standard InChI is InChI=1S/C62H108O6/c1-4-7-10-13-16-19-22-25-28-30-31-33-34-37-40-43-46-49-52-55-61(64)67-58-59(57-66-60(63)54-51-48-45-42-39-36-27-24-21-18-15-12-9-6-3)68-62(65)56-53-50-47-44-41-38-35-32-29-26-23-20-17-14-11-8-5-2/h16-17,19-20,25-26,28-29,35,38,44,47,59H,4-15,18,21-24,27,30-34,36-37,39-43,45-46,48-58H2,1-3H3/b19-16+,20-17+,28-25+,29-26+,38-35+,47-44+/t59-/m1/s1. The van der Waals surface area contributed by atoms with Crippen LogP contribution in [0, 0.1) is 0 Å². The molecular weight excluding hydrogens is 841 g/mol. The lowest BCUT2D eigenvalue weighted by Crippen LogP contribution is -2.30. The maximum Gasteiger partial charge on any atom is 0.306 e. The predicted octanol–water partition coefficient (Wildman–Crippen LogP) is 19.4. The third-order valence-corrected chi connectivity index (χ3v) is 12.4. The van der Waals surface area contributed by atoms with Crippen molar-refractivity contribution in [3.63, 3.8) is 0 Å². The van der Waals surface area contributed by atoms with E-state index in [1.165, 1.54) is 167 Å². The van der Waals surface area contributed by atoms with Gasteiger partial charge < -0.3 is 14.2 Å². The fourth-order valence-corrected chi connectivity index (χ4v) is 8.05. The molecular formula is C62H108O6. The molecule has 0 spiro atoms. The molecule has 6 heteroatoms. The van der Waals surface area contributed by atoms with Crippen LogP contribution in [0.5, 0.6) is 0 Å². The Morgan fingerprint density at radius 3 is 0.897 bits per heavy atom. The summed E-state index contributed by atoms with van der Waals surface area (Å²) in [5, 5.41) is 0. The molecule has 0 unspecified atom stereocenters. The third kappa shape index (κ3) is 53.8. The van der Waals surface area contributed by atoms with Gasteiger partial charge in [-0.15, -0.1) is 0 Å². The summed E-state index contributed by atoms with van der Waals surface area (Å²) >= 11 is 0. The van der Waals surface area contributed by atoms with Crippen LogP contribution in [0.2, 0.25) is 0 Å². The van der Waals surface area contributed by atoms with Gasteiger partial charge in [0.15, 0.2) is 6.10 Å². The van der Waals surface area contributed by atoms with Crippen molar-refractivity contribution in [3.8, 4) is 0 Å². The number of allylic oxidation sites excluding steroid dienone is 12. The Morgan fingerprint density at radius 1 is 0.294 bits per heavy atom. The minimum Gasteiger partial charge on any atom is -0.462 e. The lowest BCUT2D eigenvalue weighted by atomic mass is 10.0. The van der Waals surface area contributed by atoms with Crippen LogP contribution >= 0.6 is 0 Å². The van der Waals surface area contributed by atoms with E-state index in [0.29, 0.717) is 19.3 Å². The fourth-order valence-electron chi connectivity index (χ4n) is 8.05. The van der Waals surface area contributed by atoms with Gasteiger partial charge in [-0.2, -0.15) is 0 Å². The topological polar surface area (TPSA) is 78.9 Å². The second-order valence-electron chi connectivity index (χ2n) is 19.2. The van der Waals surface area contributed by atoms with Gasteiger partial charge in [0, 0.05) is 19.3 Å². The molecule has 0 amide bonds. The van der Waals surface area contributed by atoms with Crippen molar-refractivity contribution in [2.45, 2.75) is 290 Å². The Bertz CT molecular complexity index is 1270. The van der Waals surface area contributed by atoms with E-state index in [2.05, 4.69) is 93.7 Å². The highest BCUT2D eigenvalue weighted by Crippen LogP contribution is 2.15. The van der Waals surface area contributed by atoms with Crippen LogP contribution < -0.4 is 0 Å². The molecule has 6 nitrogen and oxygen atoms in total. The third-order valence-electron chi connectivity index (χ3n) is 12.4. The van der Waals surface area contributed by atoms with Crippen LogP contribution in [0.25, 0.3) is 0 Å². The van der Waals surface area contributed by atoms with E-state index < -0.39 is 6.10 Å². The van der Waals surface area contributed by atoms with E-state index in [1.807, 2.05) is 0 Å². The monoisotopic (exact) mass is 949 g/mol. The lowest BCUT2D eigenvalue weighted by Gasteiger charge is -2.18. The fraction of sp³-hybridized carbons (Fsp3) is 0.758. The maximum absolute atomic E-state index is 12.8. The predicted molar refractivity (Wildman–Crippen MR) is 293 cm³/mol. The van der Waals surface area contributed by atoms with Gasteiger partial charge in [0.05, 0.1) is 0 Å². The average Bonchev–Trinajstić information content (AvgIpc) is 3.34. The molecule has 0 aliphatic heterocycles. The van der Waals surface area contributed by atoms with Gasteiger partial charge in [0.1, 0.15) is 13.2 Å². The quantitative estimate of drug-likeness (QED) is 0.0262. The molecule has 0 saturated carbocycles. The first-order valence-electron chi connectivity index (χ1n) is 28.9. The van der Waals surface area contributed by atoms with Crippen molar-refractivity contribution < 1.29 is 28.6 Å². The van der Waals surface area contributed by atoms with E-state index >= 15 is 0 Å². The SMILES string of the molecule is CCCCC/C=C/C/C=C/C/C=C/C/C=C/CCCC(=O)O[C@@H](COC(=O)CCCCCCCCCCC/C=C/C/C=C/CCCCC)COC(=O)CCCCCCCCCCCCCCCC. The molecule has 0 N–H and O–H groups in total. The normalized spacial score (nSPS) is 12.6. The van der Waals surface area contributed by atoms with Gasteiger partial charge in [0.25, 0.3) is 0 Å². The van der Waals surface area contributed by atoms with Crippen molar-refractivity contribution in [1.29, 1.82) is 0 Å². The van der Waals surface area contributed by atoms with Crippen molar-refractivity contribution in [2.75, 3.05) is 13.2 Å². The summed E-state index contributed by atoms with van der Waals surface area (Å²) in [5.74, 6) is -0.948. The Kier molecular flexibility index (Phi) is 53.8. The largest absolute Gasteiger partial charge is 0.462 e. The molecule has 0 rings (SSSR count). The molecule has 1 atom stereocenters. The number of hydrogen-bond acceptors (Lipinski definition) is 6. The number of rotatable bonds is 52. The minimum atomic E-state index is -0.804. The molecule has 0 aliphatic carbocycles. The zero-order chi connectivity index (χ0) is 49.3. The Labute approximate surface area is 421 Å². The highest BCUT2D eigenvalue weighted by Gasteiger charge is 2.19. The van der Waals surface area contributed by atoms with Crippen molar-refractivity contribution in [2.24, 2.45) is 0 Å². The molecule has 68 heavy (non-hydrogen) atoms. The average molecular weight is 950 g/mol. The smallest absolute Gasteiger partial charge is 0.306 e. The van der Waals surface area contributed by atoms with Gasteiger partial charge in [0.2, 0.25) is 0 Å². The van der Waals surface area contributed by atoms with E-state index in [0.717, 1.165) is 70.6 Å². The molecule has 0 radical (unpaired) electrons. The molecule has 0 heterocycles. The van der Waals surface area contributed by atoms with E-state index in [9.17, 15) is 14.4 Å². The number of esters is 3. The van der Waals surface area contributed by atoms with E-state index in [-0.39, 0.29) is 37.5 Å². The Balaban J connectivity index is 4.44. The maximum atomic E-state index is 12.8. The summed E-state index contributed by atoms with van der Waals surface area (Å²) in [7, 11) is 0. The summed E-state index contributed by atoms with van der Waals surface area (Å²) in [6.45, 7) is 6.56. The summed E-state index contributed by atoms with van der Waals surface area (Å²) in [4.78, 5) is 38.1. The Morgan fingerprint density at radius 2 is 0.544 bits per heavy atom. The first kappa shape index (κ1) is 64.8. The van der Waals surface area contributed by atoms with E-state index in [1.54, 1.807) is 0 Å². The van der Waals surface area contributed by atoms with Crippen LogP contribution in [0.4, 0.5) is 0 Å². The number of hydrogen-bond donors (Lipinski definition) is 0. The molecule has 0 bridgehead atoms. The van der Waals surface area contributed by atoms with Crippen molar-refractivity contribution >= 4 is 17.9 Å². The number of ether oxygens (including phenoxy) is 3. The van der Waals surface area contributed by atoms with Crippen LogP contribution in [0.1, 0.15) is 284 Å². The minimum absolute atomic E-state index is 0.0960. The molecule has 0 fully saturated rings. The zero-order valence-electron chi connectivity index (χ0n) is 44.9. The first-order valence-corrected chi connectivity index (χ1v) is 28.9. The van der Waals surface area contributed by atoms with Gasteiger partial charge in [-0.05, 0) is 89.9 Å². The van der Waals surface area contributed by atoms with Gasteiger partial charge in [-0.1, -0.05) is 248 Å². The molecule has 0 aromatic heterocycles. The molecule has 392 valence electrons. The summed E-state index contributed by atoms with van der Waals surface area (Å²) < 4.78 is 16.8. The zero-order valence-corrected chi connectivity index (χ0v) is 44.9. The van der Waals surface area contributed by atoms with Crippen LogP contribution in [-0.2, 0) is 28.6 Å². The summed E-state index contributed by atoms with van der Waals surface area (Å²) in [5.41, 5.74) is 0. The molecule has 0 aromatic carbocycles. The summed E-state index contributed by atoms with van der Waals surface area (Å²) in [6.07, 6.45) is 71.8. The highest BCUT2D eigenvalue weighted by molar-refractivity contribution is 5.71.